The van der Waals surface area contributed by atoms with Crippen molar-refractivity contribution < 1.29 is 8.78 Å². The van der Waals surface area contributed by atoms with Gasteiger partial charge in [0.05, 0.1) is 5.66 Å². The number of hydrogen-bond acceptors (Lipinski definition) is 2. The van der Waals surface area contributed by atoms with Crippen LogP contribution >= 0.6 is 0 Å². The van der Waals surface area contributed by atoms with E-state index in [0.29, 0.717) is 5.56 Å². The first kappa shape index (κ1) is 10.5. The Morgan fingerprint density at radius 1 is 1.40 bits per heavy atom. The lowest BCUT2D eigenvalue weighted by Gasteiger charge is -2.30. The summed E-state index contributed by atoms with van der Waals surface area (Å²) in [5, 5.41) is 6.23. The fourth-order valence-electron chi connectivity index (χ4n) is 2.15. The van der Waals surface area contributed by atoms with Gasteiger partial charge in [0.25, 0.3) is 0 Å². The SMILES string of the molecule is CN[C@]1(c2cc(F)ccc2F)CCCN1. The molecule has 1 aromatic carbocycles. The molecular weight excluding hydrogens is 198 g/mol. The molecule has 1 atom stereocenters. The summed E-state index contributed by atoms with van der Waals surface area (Å²) in [6.07, 6.45) is 1.72. The first-order valence-corrected chi connectivity index (χ1v) is 5.07. The zero-order valence-corrected chi connectivity index (χ0v) is 8.61. The van der Waals surface area contributed by atoms with Gasteiger partial charge in [-0.05, 0) is 44.6 Å². The van der Waals surface area contributed by atoms with Gasteiger partial charge in [-0.25, -0.2) is 8.78 Å². The highest BCUT2D eigenvalue weighted by Gasteiger charge is 2.35. The molecule has 0 unspecified atom stereocenters. The lowest BCUT2D eigenvalue weighted by atomic mass is 9.97. The minimum absolute atomic E-state index is 0.363. The Morgan fingerprint density at radius 2 is 2.20 bits per heavy atom. The van der Waals surface area contributed by atoms with E-state index in [0.717, 1.165) is 25.5 Å². The van der Waals surface area contributed by atoms with Gasteiger partial charge >= 0.3 is 0 Å². The molecule has 0 aliphatic carbocycles. The molecular formula is C11H14F2N2. The quantitative estimate of drug-likeness (QED) is 0.780. The summed E-state index contributed by atoms with van der Waals surface area (Å²) in [5.74, 6) is -0.783. The summed E-state index contributed by atoms with van der Waals surface area (Å²) in [5.41, 5.74) is -0.242. The molecule has 0 spiro atoms. The second kappa shape index (κ2) is 3.87. The van der Waals surface area contributed by atoms with Crippen LogP contribution in [0.2, 0.25) is 0 Å². The average molecular weight is 212 g/mol. The van der Waals surface area contributed by atoms with Gasteiger partial charge in [-0.2, -0.15) is 0 Å². The van der Waals surface area contributed by atoms with Crippen LogP contribution in [0.5, 0.6) is 0 Å². The molecule has 1 aliphatic rings. The molecule has 1 aliphatic heterocycles. The van der Waals surface area contributed by atoms with Gasteiger partial charge in [-0.15, -0.1) is 0 Å². The van der Waals surface area contributed by atoms with Crippen molar-refractivity contribution in [2.45, 2.75) is 18.5 Å². The van der Waals surface area contributed by atoms with Gasteiger partial charge in [-0.1, -0.05) is 0 Å². The first-order chi connectivity index (χ1) is 7.18. The lowest BCUT2D eigenvalue weighted by Crippen LogP contribution is -2.48. The van der Waals surface area contributed by atoms with Crippen molar-refractivity contribution >= 4 is 0 Å². The molecule has 0 amide bonds. The van der Waals surface area contributed by atoms with E-state index in [1.807, 2.05) is 0 Å². The lowest BCUT2D eigenvalue weighted by molar-refractivity contribution is 0.313. The van der Waals surface area contributed by atoms with E-state index in [-0.39, 0.29) is 5.82 Å². The molecule has 0 saturated carbocycles. The normalized spacial score (nSPS) is 25.8. The maximum atomic E-state index is 13.6. The Bertz CT molecular complexity index is 360. The van der Waals surface area contributed by atoms with Gasteiger partial charge < -0.3 is 0 Å². The molecule has 82 valence electrons. The summed E-state index contributed by atoms with van der Waals surface area (Å²) in [6, 6.07) is 3.56. The van der Waals surface area contributed by atoms with Crippen LogP contribution in [-0.2, 0) is 5.66 Å². The smallest absolute Gasteiger partial charge is 0.129 e. The Labute approximate surface area is 87.7 Å². The topological polar surface area (TPSA) is 24.1 Å². The van der Waals surface area contributed by atoms with E-state index in [4.69, 9.17) is 0 Å². The maximum Gasteiger partial charge on any atom is 0.129 e. The second-order valence-electron chi connectivity index (χ2n) is 3.81. The van der Waals surface area contributed by atoms with E-state index >= 15 is 0 Å². The fourth-order valence-corrected chi connectivity index (χ4v) is 2.15. The number of halogens is 2. The highest BCUT2D eigenvalue weighted by Crippen LogP contribution is 2.30. The largest absolute Gasteiger partial charge is 0.299 e. The van der Waals surface area contributed by atoms with Crippen molar-refractivity contribution in [3.63, 3.8) is 0 Å². The third-order valence-corrected chi connectivity index (χ3v) is 2.97. The number of hydrogen-bond donors (Lipinski definition) is 2. The van der Waals surface area contributed by atoms with Crippen LogP contribution in [0.3, 0.4) is 0 Å². The first-order valence-electron chi connectivity index (χ1n) is 5.07. The van der Waals surface area contributed by atoms with Crippen LogP contribution in [0.4, 0.5) is 8.78 Å². The minimum atomic E-state index is -0.605. The second-order valence-corrected chi connectivity index (χ2v) is 3.81. The van der Waals surface area contributed by atoms with Crippen LogP contribution in [0.1, 0.15) is 18.4 Å². The molecule has 0 radical (unpaired) electrons. The van der Waals surface area contributed by atoms with E-state index in [2.05, 4.69) is 10.6 Å². The van der Waals surface area contributed by atoms with Crippen LogP contribution < -0.4 is 10.6 Å². The third-order valence-electron chi connectivity index (χ3n) is 2.97. The number of rotatable bonds is 2. The molecule has 0 aromatic heterocycles. The Morgan fingerprint density at radius 3 is 2.80 bits per heavy atom. The molecule has 15 heavy (non-hydrogen) atoms. The van der Waals surface area contributed by atoms with Crippen molar-refractivity contribution in [1.29, 1.82) is 0 Å². The van der Waals surface area contributed by atoms with Crippen molar-refractivity contribution in [3.05, 3.63) is 35.4 Å². The zero-order valence-electron chi connectivity index (χ0n) is 8.61. The summed E-state index contributed by atoms with van der Waals surface area (Å²) >= 11 is 0. The Balaban J connectivity index is 2.46. The maximum absolute atomic E-state index is 13.6. The van der Waals surface area contributed by atoms with E-state index in [1.54, 1.807) is 7.05 Å². The van der Waals surface area contributed by atoms with Crippen LogP contribution in [0.15, 0.2) is 18.2 Å². The van der Waals surface area contributed by atoms with Crippen molar-refractivity contribution in [3.8, 4) is 0 Å². The monoisotopic (exact) mass is 212 g/mol. The van der Waals surface area contributed by atoms with Crippen molar-refractivity contribution in [2.75, 3.05) is 13.6 Å². The third kappa shape index (κ3) is 1.75. The summed E-state index contributed by atoms with van der Waals surface area (Å²) < 4.78 is 26.7. The van der Waals surface area contributed by atoms with Crippen LogP contribution in [-0.4, -0.2) is 13.6 Å². The Kier molecular flexibility index (Phi) is 2.71. The number of nitrogens with one attached hydrogen (secondary N) is 2. The summed E-state index contributed by atoms with van der Waals surface area (Å²) in [4.78, 5) is 0. The molecule has 1 heterocycles. The molecule has 1 fully saturated rings. The van der Waals surface area contributed by atoms with Crippen molar-refractivity contribution in [1.82, 2.24) is 10.6 Å². The van der Waals surface area contributed by atoms with Gasteiger partial charge in [0.1, 0.15) is 11.6 Å². The predicted octanol–water partition coefficient (Wildman–Crippen LogP) is 1.72. The highest BCUT2D eigenvalue weighted by atomic mass is 19.1. The molecule has 2 N–H and O–H groups in total. The number of benzene rings is 1. The zero-order chi connectivity index (χ0) is 10.9. The molecule has 0 bridgehead atoms. The standard InChI is InChI=1S/C11H14F2N2/c1-14-11(5-2-6-15-11)9-7-8(12)3-4-10(9)13/h3-4,7,14-15H,2,5-6H2,1H3/t11-/m1/s1. The summed E-state index contributed by atoms with van der Waals surface area (Å²) in [6.45, 7) is 0.816. The minimum Gasteiger partial charge on any atom is -0.299 e. The molecule has 1 aromatic rings. The predicted molar refractivity (Wildman–Crippen MR) is 54.3 cm³/mol. The molecule has 2 rings (SSSR count). The molecule has 1 saturated heterocycles. The fraction of sp³-hybridized carbons (Fsp3) is 0.455. The van der Waals surface area contributed by atoms with E-state index in [1.165, 1.54) is 12.1 Å². The molecule has 2 nitrogen and oxygen atoms in total. The van der Waals surface area contributed by atoms with Gasteiger partial charge in [0, 0.05) is 5.56 Å². The van der Waals surface area contributed by atoms with Crippen molar-refractivity contribution in [2.24, 2.45) is 0 Å². The highest BCUT2D eigenvalue weighted by molar-refractivity contribution is 5.27. The van der Waals surface area contributed by atoms with Crippen LogP contribution in [0, 0.1) is 11.6 Å². The summed E-state index contributed by atoms with van der Waals surface area (Å²) in [7, 11) is 1.75. The van der Waals surface area contributed by atoms with E-state index < -0.39 is 11.5 Å². The van der Waals surface area contributed by atoms with E-state index in [9.17, 15) is 8.78 Å². The van der Waals surface area contributed by atoms with Gasteiger partial charge in [0.2, 0.25) is 0 Å². The molecule has 4 heteroatoms. The average Bonchev–Trinajstić information content (AvgIpc) is 2.71. The van der Waals surface area contributed by atoms with Gasteiger partial charge in [-0.3, -0.25) is 10.6 Å². The van der Waals surface area contributed by atoms with Crippen LogP contribution in [0.25, 0.3) is 0 Å². The van der Waals surface area contributed by atoms with Gasteiger partial charge in [0.15, 0.2) is 0 Å². The Hall–Kier alpha value is -1.00.